The highest BCUT2D eigenvalue weighted by Crippen LogP contribution is 2.00. The highest BCUT2D eigenvalue weighted by atomic mass is 16.5. The van der Waals surface area contributed by atoms with Crippen LogP contribution in [-0.4, -0.2) is 19.0 Å². The predicted molar refractivity (Wildman–Crippen MR) is 41.0 cm³/mol. The Bertz CT molecular complexity index is 81.3. The van der Waals surface area contributed by atoms with Crippen LogP contribution in [0.3, 0.4) is 0 Å². The van der Waals surface area contributed by atoms with Crippen LogP contribution in [0.5, 0.6) is 0 Å². The lowest BCUT2D eigenvalue weighted by molar-refractivity contribution is -0.109. The lowest BCUT2D eigenvalue weighted by Crippen LogP contribution is -2.08. The number of ether oxygens (including phenoxy) is 1. The molecule has 60 valence electrons. The maximum atomic E-state index is 9.86. The number of carbonyl (C=O) groups is 1. The highest BCUT2D eigenvalue weighted by molar-refractivity contribution is 5.49. The fourth-order valence-electron chi connectivity index (χ4n) is 0.807. The molecule has 0 rings (SSSR count). The first-order chi connectivity index (χ1) is 4.81. The second-order valence-electron chi connectivity index (χ2n) is 2.43. The van der Waals surface area contributed by atoms with Gasteiger partial charge in [0.1, 0.15) is 6.29 Å². The van der Waals surface area contributed by atoms with Crippen molar-refractivity contribution in [3.8, 4) is 0 Å². The molecule has 0 bridgehead atoms. The van der Waals surface area contributed by atoms with Crippen LogP contribution in [0.15, 0.2) is 0 Å². The Hall–Kier alpha value is -0.370. The third-order valence-corrected chi connectivity index (χ3v) is 1.33. The van der Waals surface area contributed by atoms with Crippen molar-refractivity contribution >= 4 is 6.29 Å². The quantitative estimate of drug-likeness (QED) is 0.419. The lowest BCUT2D eigenvalue weighted by atomic mass is 10.2. The van der Waals surface area contributed by atoms with E-state index in [1.165, 1.54) is 0 Å². The largest absolute Gasteiger partial charge is 0.378 e. The number of hydrogen-bond donors (Lipinski definition) is 0. The molecule has 10 heavy (non-hydrogen) atoms. The standard InChI is InChI=1S/C8H16O2/c1-3-5-8(2)10-7-4-6-9/h6,8H,3-5,7H2,1-2H3. The molecule has 0 aliphatic rings. The van der Waals surface area contributed by atoms with Gasteiger partial charge in [-0.2, -0.15) is 0 Å². The van der Waals surface area contributed by atoms with Crippen LogP contribution in [0.2, 0.25) is 0 Å². The summed E-state index contributed by atoms with van der Waals surface area (Å²) in [5.41, 5.74) is 0. The molecule has 0 spiro atoms. The summed E-state index contributed by atoms with van der Waals surface area (Å²) in [5, 5.41) is 0. The van der Waals surface area contributed by atoms with E-state index in [0.717, 1.165) is 19.1 Å². The van der Waals surface area contributed by atoms with Gasteiger partial charge in [-0.25, -0.2) is 0 Å². The molecule has 2 nitrogen and oxygen atoms in total. The monoisotopic (exact) mass is 144 g/mol. The summed E-state index contributed by atoms with van der Waals surface area (Å²) in [6, 6.07) is 0. The van der Waals surface area contributed by atoms with Gasteiger partial charge in [0.2, 0.25) is 0 Å². The van der Waals surface area contributed by atoms with Crippen LogP contribution in [0.4, 0.5) is 0 Å². The van der Waals surface area contributed by atoms with Crippen molar-refractivity contribution in [2.45, 2.75) is 39.2 Å². The molecule has 0 aliphatic carbocycles. The molecular formula is C8H16O2. The first-order valence-electron chi connectivity index (χ1n) is 3.86. The molecule has 0 aliphatic heterocycles. The average molecular weight is 144 g/mol. The van der Waals surface area contributed by atoms with Gasteiger partial charge in [0.15, 0.2) is 0 Å². The minimum atomic E-state index is 0.310. The van der Waals surface area contributed by atoms with Gasteiger partial charge in [0.25, 0.3) is 0 Å². The number of carbonyl (C=O) groups excluding carboxylic acids is 1. The zero-order valence-corrected chi connectivity index (χ0v) is 6.80. The summed E-state index contributed by atoms with van der Waals surface area (Å²) in [6.45, 7) is 4.73. The van der Waals surface area contributed by atoms with E-state index in [0.29, 0.717) is 19.1 Å². The molecule has 0 aromatic carbocycles. The van der Waals surface area contributed by atoms with E-state index in [1.807, 2.05) is 6.92 Å². The van der Waals surface area contributed by atoms with Crippen LogP contribution >= 0.6 is 0 Å². The second kappa shape index (κ2) is 6.75. The van der Waals surface area contributed by atoms with Crippen LogP contribution < -0.4 is 0 Å². The summed E-state index contributed by atoms with van der Waals surface area (Å²) < 4.78 is 5.29. The van der Waals surface area contributed by atoms with Crippen molar-refractivity contribution in [3.63, 3.8) is 0 Å². The Balaban J connectivity index is 3.04. The van der Waals surface area contributed by atoms with Gasteiger partial charge in [-0.1, -0.05) is 13.3 Å². The minimum absolute atomic E-state index is 0.310. The van der Waals surface area contributed by atoms with Crippen molar-refractivity contribution in [1.82, 2.24) is 0 Å². The summed E-state index contributed by atoms with van der Waals surface area (Å²) in [5.74, 6) is 0. The smallest absolute Gasteiger partial charge is 0.122 e. The maximum Gasteiger partial charge on any atom is 0.122 e. The second-order valence-corrected chi connectivity index (χ2v) is 2.43. The molecule has 0 aromatic rings. The summed E-state index contributed by atoms with van der Waals surface area (Å²) in [7, 11) is 0. The molecule has 1 atom stereocenters. The Kier molecular flexibility index (Phi) is 6.50. The van der Waals surface area contributed by atoms with Crippen molar-refractivity contribution in [1.29, 1.82) is 0 Å². The predicted octanol–water partition coefficient (Wildman–Crippen LogP) is 1.78. The Morgan fingerprint density at radius 2 is 2.30 bits per heavy atom. The van der Waals surface area contributed by atoms with Crippen molar-refractivity contribution in [2.24, 2.45) is 0 Å². The topological polar surface area (TPSA) is 26.3 Å². The fourth-order valence-corrected chi connectivity index (χ4v) is 0.807. The molecule has 0 radical (unpaired) electrons. The first-order valence-corrected chi connectivity index (χ1v) is 3.86. The zero-order chi connectivity index (χ0) is 7.82. The Morgan fingerprint density at radius 3 is 2.80 bits per heavy atom. The minimum Gasteiger partial charge on any atom is -0.378 e. The normalized spacial score (nSPS) is 13.0. The van der Waals surface area contributed by atoms with E-state index < -0.39 is 0 Å². The molecule has 0 heterocycles. The molecule has 0 saturated heterocycles. The zero-order valence-electron chi connectivity index (χ0n) is 6.80. The van der Waals surface area contributed by atoms with Crippen LogP contribution in [0, 0.1) is 0 Å². The number of hydrogen-bond acceptors (Lipinski definition) is 2. The summed E-state index contributed by atoms with van der Waals surface area (Å²) in [4.78, 5) is 9.86. The highest BCUT2D eigenvalue weighted by Gasteiger charge is 1.97. The van der Waals surface area contributed by atoms with Crippen molar-refractivity contribution in [3.05, 3.63) is 0 Å². The van der Waals surface area contributed by atoms with Crippen LogP contribution in [0.25, 0.3) is 0 Å². The van der Waals surface area contributed by atoms with E-state index in [2.05, 4.69) is 6.92 Å². The van der Waals surface area contributed by atoms with Crippen LogP contribution in [0.1, 0.15) is 33.1 Å². The fraction of sp³-hybridized carbons (Fsp3) is 0.875. The Labute approximate surface area is 62.6 Å². The molecule has 0 amide bonds. The molecular weight excluding hydrogens is 128 g/mol. The van der Waals surface area contributed by atoms with Gasteiger partial charge >= 0.3 is 0 Å². The third kappa shape index (κ3) is 5.76. The van der Waals surface area contributed by atoms with E-state index in [4.69, 9.17) is 4.74 Å². The summed E-state index contributed by atoms with van der Waals surface area (Å²) >= 11 is 0. The SMILES string of the molecule is CCCC(C)OCCC=O. The van der Waals surface area contributed by atoms with E-state index in [9.17, 15) is 4.79 Å². The van der Waals surface area contributed by atoms with Gasteiger partial charge < -0.3 is 9.53 Å². The molecule has 0 saturated carbocycles. The molecule has 1 unspecified atom stereocenters. The molecule has 0 N–H and O–H groups in total. The van der Waals surface area contributed by atoms with E-state index in [-0.39, 0.29) is 0 Å². The molecule has 0 fully saturated rings. The number of rotatable bonds is 6. The van der Waals surface area contributed by atoms with Gasteiger partial charge in [0.05, 0.1) is 12.7 Å². The first kappa shape index (κ1) is 9.63. The van der Waals surface area contributed by atoms with Crippen molar-refractivity contribution in [2.75, 3.05) is 6.61 Å². The van der Waals surface area contributed by atoms with Gasteiger partial charge in [-0.05, 0) is 13.3 Å². The van der Waals surface area contributed by atoms with E-state index >= 15 is 0 Å². The van der Waals surface area contributed by atoms with Gasteiger partial charge in [-0.15, -0.1) is 0 Å². The Morgan fingerprint density at radius 1 is 1.60 bits per heavy atom. The van der Waals surface area contributed by atoms with Gasteiger partial charge in [-0.3, -0.25) is 0 Å². The van der Waals surface area contributed by atoms with E-state index in [1.54, 1.807) is 0 Å². The summed E-state index contributed by atoms with van der Waals surface area (Å²) in [6.07, 6.45) is 3.94. The number of aldehydes is 1. The lowest BCUT2D eigenvalue weighted by Gasteiger charge is -2.09. The third-order valence-electron chi connectivity index (χ3n) is 1.33. The molecule has 0 aromatic heterocycles. The maximum absolute atomic E-state index is 9.86. The average Bonchev–Trinajstić information content (AvgIpc) is 1.89. The van der Waals surface area contributed by atoms with Gasteiger partial charge in [0, 0.05) is 6.42 Å². The molecule has 2 heteroatoms. The van der Waals surface area contributed by atoms with Crippen LogP contribution in [-0.2, 0) is 9.53 Å². The van der Waals surface area contributed by atoms with Crippen molar-refractivity contribution < 1.29 is 9.53 Å².